The molecule has 8 N–H and O–H groups in total. The predicted molar refractivity (Wildman–Crippen MR) is 158 cm³/mol. The zero-order chi connectivity index (χ0) is 31.4. The molecule has 2 aliphatic heterocycles. The van der Waals surface area contributed by atoms with Crippen LogP contribution in [-0.2, 0) is 30.6 Å². The number of oxime groups is 1. The quantitative estimate of drug-likeness (QED) is 0.0423. The normalized spacial score (nSPS) is 18.6. The van der Waals surface area contributed by atoms with Gasteiger partial charge in [-0.2, -0.15) is 5.10 Å². The summed E-state index contributed by atoms with van der Waals surface area (Å²) in [5, 5.41) is 25.5. The van der Waals surface area contributed by atoms with E-state index in [1.54, 1.807) is 0 Å². The Balaban J connectivity index is 1.59. The van der Waals surface area contributed by atoms with Crippen LogP contribution in [0.25, 0.3) is 4.91 Å². The average molecular weight is 653 g/mol. The smallest absolute Gasteiger partial charge is 0.352 e. The largest absolute Gasteiger partial charge is 0.477 e. The van der Waals surface area contributed by atoms with E-state index in [0.29, 0.717) is 0 Å². The maximum atomic E-state index is 13.1. The standard InChI is InChI=1S/C22H24N10O8S3/c1-40-30-12(9-7-43-22(24)26-9)16(34)27-13-18(36)32-14(21(38)39)8(6-42-20(13)32)4-10(41)15-28-29-17(35)19(37)31(15)3-2-25-11(33)5-23/h4,7,13,20,41H,2-3,5-6,23H2,1H3,(H2,24,26)(H,25,33)(H,27,34)(H,29,35)(H,38,39). The lowest BCUT2D eigenvalue weighted by Crippen LogP contribution is -2.71. The third-order valence-electron chi connectivity index (χ3n) is 5.99. The maximum absolute atomic E-state index is 13.1. The molecule has 4 heterocycles. The summed E-state index contributed by atoms with van der Waals surface area (Å²) in [5.41, 5.74) is 8.60. The fraction of sp³-hybridized carbons (Fsp3) is 0.318. The van der Waals surface area contributed by atoms with Crippen molar-refractivity contribution in [3.8, 4) is 0 Å². The third kappa shape index (κ3) is 6.48. The molecule has 4 rings (SSSR count). The fourth-order valence-electron chi connectivity index (χ4n) is 4.10. The first kappa shape index (κ1) is 31.5. The van der Waals surface area contributed by atoms with E-state index in [0.717, 1.165) is 20.8 Å². The number of hydrogen-bond donors (Lipinski definition) is 7. The number of hydrogen-bond acceptors (Lipinski definition) is 15. The molecule has 2 aromatic rings. The number of aromatic nitrogens is 4. The van der Waals surface area contributed by atoms with Gasteiger partial charge in [-0.25, -0.2) is 14.9 Å². The van der Waals surface area contributed by atoms with Crippen molar-refractivity contribution in [1.82, 2.24) is 35.3 Å². The molecule has 0 bridgehead atoms. The van der Waals surface area contributed by atoms with Crippen molar-refractivity contribution in [2.24, 2.45) is 10.9 Å². The maximum Gasteiger partial charge on any atom is 0.352 e. The first-order valence-corrected chi connectivity index (χ1v) is 14.5. The number of thioether (sulfide) groups is 1. The molecule has 21 heteroatoms. The van der Waals surface area contributed by atoms with Crippen LogP contribution in [0.5, 0.6) is 0 Å². The zero-order valence-electron chi connectivity index (χ0n) is 22.1. The Morgan fingerprint density at radius 2 is 2.09 bits per heavy atom. The highest BCUT2D eigenvalue weighted by Gasteiger charge is 2.54. The van der Waals surface area contributed by atoms with E-state index in [-0.39, 0.29) is 63.9 Å². The lowest BCUT2D eigenvalue weighted by Gasteiger charge is -2.49. The number of anilines is 1. The number of carbonyl (C=O) groups is 4. The summed E-state index contributed by atoms with van der Waals surface area (Å²) in [6.07, 6.45) is 1.31. The highest BCUT2D eigenvalue weighted by Crippen LogP contribution is 2.41. The molecule has 2 aliphatic rings. The zero-order valence-corrected chi connectivity index (χ0v) is 24.6. The monoisotopic (exact) mass is 652 g/mol. The van der Waals surface area contributed by atoms with Crippen LogP contribution < -0.4 is 33.2 Å². The van der Waals surface area contributed by atoms with Gasteiger partial charge in [0.05, 0.1) is 6.54 Å². The first-order chi connectivity index (χ1) is 20.5. The second-order valence-corrected chi connectivity index (χ2v) is 11.1. The van der Waals surface area contributed by atoms with Gasteiger partial charge in [0.2, 0.25) is 5.91 Å². The number of aromatic amines is 1. The Morgan fingerprint density at radius 3 is 2.72 bits per heavy atom. The van der Waals surface area contributed by atoms with E-state index in [2.05, 4.69) is 43.6 Å². The number of carboxylic acid groups (broad SMARTS) is 1. The second kappa shape index (κ2) is 13.2. The van der Waals surface area contributed by atoms with E-state index in [1.807, 2.05) is 0 Å². The van der Waals surface area contributed by atoms with Gasteiger partial charge in [-0.3, -0.25) is 33.4 Å². The summed E-state index contributed by atoms with van der Waals surface area (Å²) in [4.78, 5) is 84.0. The lowest BCUT2D eigenvalue weighted by atomic mass is 10.0. The molecule has 43 heavy (non-hydrogen) atoms. The number of aliphatic carboxylic acids is 1. The van der Waals surface area contributed by atoms with Gasteiger partial charge in [0, 0.05) is 29.1 Å². The van der Waals surface area contributed by atoms with Crippen LogP contribution in [0.3, 0.4) is 0 Å². The van der Waals surface area contributed by atoms with E-state index >= 15 is 0 Å². The SMILES string of the molecule is CON=C(C(=O)NC1C(=O)N2C(C(=O)O)=C(C=C(S)c3n[nH]c(=O)c(=O)n3CCNC(=O)CN)CSC12)c1csc(N)n1. The fourth-order valence-corrected chi connectivity index (χ4v) is 6.28. The average Bonchev–Trinajstić information content (AvgIpc) is 3.41. The highest BCUT2D eigenvalue weighted by atomic mass is 32.2. The highest BCUT2D eigenvalue weighted by molar-refractivity contribution is 8.00. The lowest BCUT2D eigenvalue weighted by molar-refractivity contribution is -0.150. The Hall–Kier alpha value is -4.47. The minimum Gasteiger partial charge on any atom is -0.477 e. The summed E-state index contributed by atoms with van der Waals surface area (Å²) in [5.74, 6) is -3.44. The summed E-state index contributed by atoms with van der Waals surface area (Å²) < 4.78 is 0.962. The molecule has 2 atom stereocenters. The molecule has 0 radical (unpaired) electrons. The van der Waals surface area contributed by atoms with Gasteiger partial charge in [0.1, 0.15) is 29.9 Å². The molecule has 18 nitrogen and oxygen atoms in total. The number of nitrogens with zero attached hydrogens (tertiary/aromatic N) is 5. The van der Waals surface area contributed by atoms with Gasteiger partial charge in [-0.1, -0.05) is 5.16 Å². The number of rotatable bonds is 11. The topological polar surface area (TPSA) is 270 Å². The number of H-pyrrole nitrogens is 1. The molecule has 0 aliphatic carbocycles. The molecular weight excluding hydrogens is 629 g/mol. The number of carboxylic acids is 1. The van der Waals surface area contributed by atoms with Gasteiger partial charge in [-0.15, -0.1) is 35.7 Å². The molecular formula is C22H24N10O8S3. The number of carbonyl (C=O) groups excluding carboxylic acids is 3. The molecule has 2 aromatic heterocycles. The van der Waals surface area contributed by atoms with Crippen molar-refractivity contribution in [1.29, 1.82) is 0 Å². The number of β-lactam (4-membered cyclic amide) rings is 1. The second-order valence-electron chi connectivity index (χ2n) is 8.65. The van der Waals surface area contributed by atoms with Gasteiger partial charge in [-0.05, 0) is 11.6 Å². The predicted octanol–water partition coefficient (Wildman–Crippen LogP) is -2.89. The molecule has 3 amide bonds. The number of allylic oxidation sites excluding steroid dienone is 1. The summed E-state index contributed by atoms with van der Waals surface area (Å²) in [6.45, 7) is -0.498. The van der Waals surface area contributed by atoms with Crippen molar-refractivity contribution in [3.05, 3.63) is 55.0 Å². The van der Waals surface area contributed by atoms with E-state index < -0.39 is 46.2 Å². The van der Waals surface area contributed by atoms with Crippen LogP contribution in [0.15, 0.2) is 37.5 Å². The number of amides is 3. The molecule has 1 fully saturated rings. The summed E-state index contributed by atoms with van der Waals surface area (Å²) in [7, 11) is 1.23. The van der Waals surface area contributed by atoms with Gasteiger partial charge < -0.3 is 32.0 Å². The van der Waals surface area contributed by atoms with Gasteiger partial charge in [0.15, 0.2) is 16.7 Å². The number of fused-ring (bicyclic) bond motifs is 1. The molecule has 0 aromatic carbocycles. The molecule has 2 unspecified atom stereocenters. The van der Waals surface area contributed by atoms with E-state index in [4.69, 9.17) is 16.3 Å². The van der Waals surface area contributed by atoms with Gasteiger partial charge >= 0.3 is 17.1 Å². The Bertz CT molecular complexity index is 1690. The Labute approximate surface area is 254 Å². The van der Waals surface area contributed by atoms with Crippen LogP contribution >= 0.6 is 35.7 Å². The summed E-state index contributed by atoms with van der Waals surface area (Å²) in [6, 6.07) is -1.08. The minimum atomic E-state index is -1.42. The summed E-state index contributed by atoms with van der Waals surface area (Å²) >= 11 is 6.62. The van der Waals surface area contributed by atoms with Crippen molar-refractivity contribution >= 4 is 75.2 Å². The molecule has 1 saturated heterocycles. The van der Waals surface area contributed by atoms with Crippen LogP contribution in [0.1, 0.15) is 11.5 Å². The van der Waals surface area contributed by atoms with Crippen LogP contribution in [0.2, 0.25) is 0 Å². The van der Waals surface area contributed by atoms with E-state index in [9.17, 15) is 33.9 Å². The van der Waals surface area contributed by atoms with Crippen molar-refractivity contribution in [2.45, 2.75) is 18.0 Å². The van der Waals surface area contributed by atoms with Crippen LogP contribution in [-0.4, -0.2) is 96.5 Å². The molecule has 0 spiro atoms. The van der Waals surface area contributed by atoms with Crippen molar-refractivity contribution < 1.29 is 29.1 Å². The van der Waals surface area contributed by atoms with Gasteiger partial charge in [0.25, 0.3) is 11.8 Å². The van der Waals surface area contributed by atoms with E-state index in [1.165, 1.54) is 30.3 Å². The van der Waals surface area contributed by atoms with Crippen LogP contribution in [0, 0.1) is 0 Å². The van der Waals surface area contributed by atoms with Crippen molar-refractivity contribution in [2.75, 3.05) is 31.7 Å². The number of nitrogen functional groups attached to an aromatic ring is 1. The molecule has 228 valence electrons. The number of nitrogens with two attached hydrogens (primary N) is 2. The Kier molecular flexibility index (Phi) is 9.68. The van der Waals surface area contributed by atoms with Crippen LogP contribution in [0.4, 0.5) is 5.13 Å². The number of nitrogens with one attached hydrogen (secondary N) is 3. The first-order valence-electron chi connectivity index (χ1n) is 12.1. The number of thiol groups is 1. The third-order valence-corrected chi connectivity index (χ3v) is 8.30. The number of thiazole rings is 1. The minimum absolute atomic E-state index is 0.00733. The molecule has 0 saturated carbocycles. The van der Waals surface area contributed by atoms with Crippen molar-refractivity contribution in [3.63, 3.8) is 0 Å². The Morgan fingerprint density at radius 1 is 1.35 bits per heavy atom.